The highest BCUT2D eigenvalue weighted by atomic mass is 16.5. The summed E-state index contributed by atoms with van der Waals surface area (Å²) in [5.41, 5.74) is 2.20. The van der Waals surface area contributed by atoms with Crippen LogP contribution in [0.25, 0.3) is 0 Å². The van der Waals surface area contributed by atoms with E-state index < -0.39 is 0 Å². The Kier molecular flexibility index (Phi) is 10.4. The van der Waals surface area contributed by atoms with Gasteiger partial charge in [-0.3, -0.25) is 0 Å². The molecule has 2 bridgehead atoms. The Bertz CT molecular complexity index is 1210. The average Bonchev–Trinajstić information content (AvgIpc) is 3.84. The number of allylic oxidation sites excluding steroid dienone is 3. The number of hydrogen-bond donors (Lipinski definition) is 1. The highest BCUT2D eigenvalue weighted by Crippen LogP contribution is 2.73. The highest BCUT2D eigenvalue weighted by Gasteiger charge is 2.67. The van der Waals surface area contributed by atoms with Crippen LogP contribution < -0.4 is 5.32 Å². The zero-order chi connectivity index (χ0) is 35.7. The topological polar surface area (TPSA) is 39.7 Å². The lowest BCUT2D eigenvalue weighted by atomic mass is 9.37. The average molecular weight is 668 g/mol. The predicted molar refractivity (Wildman–Crippen MR) is 202 cm³/mol. The molecule has 0 aromatic heterocycles. The van der Waals surface area contributed by atoms with Crippen LogP contribution in [0.15, 0.2) is 24.0 Å². The third-order valence-electron chi connectivity index (χ3n) is 16.9. The maximum absolute atomic E-state index is 7.31. The molecule has 4 nitrogen and oxygen atoms in total. The number of ether oxygens (including phenoxy) is 3. The fourth-order valence-electron chi connectivity index (χ4n) is 11.9. The van der Waals surface area contributed by atoms with E-state index in [1.54, 1.807) is 5.57 Å². The zero-order valence-electron chi connectivity index (χ0n) is 34.1. The molecule has 0 amide bonds. The first kappa shape index (κ1) is 38.4. The molecule has 4 aliphatic carbocycles. The Morgan fingerprint density at radius 1 is 0.958 bits per heavy atom. The summed E-state index contributed by atoms with van der Waals surface area (Å²) in [4.78, 5) is 0. The van der Waals surface area contributed by atoms with Gasteiger partial charge in [0.25, 0.3) is 0 Å². The Hall–Kier alpha value is -0.840. The molecule has 6 unspecified atom stereocenters. The Balaban J connectivity index is 1.57. The van der Waals surface area contributed by atoms with Gasteiger partial charge in [0.2, 0.25) is 0 Å². The lowest BCUT2D eigenvalue weighted by Gasteiger charge is -2.68. The van der Waals surface area contributed by atoms with Gasteiger partial charge in [0.1, 0.15) is 5.60 Å². The van der Waals surface area contributed by atoms with E-state index in [0.717, 1.165) is 12.3 Å². The van der Waals surface area contributed by atoms with Gasteiger partial charge in [0.15, 0.2) is 0 Å². The lowest BCUT2D eigenvalue weighted by molar-refractivity contribution is -0.191. The minimum Gasteiger partial charge on any atom is -0.495 e. The summed E-state index contributed by atoms with van der Waals surface area (Å²) in [6, 6.07) is 0. The van der Waals surface area contributed by atoms with Gasteiger partial charge in [-0.25, -0.2) is 0 Å². The molecule has 48 heavy (non-hydrogen) atoms. The normalized spacial score (nSPS) is 39.4. The molecular formula is C44H77NO3. The highest BCUT2D eigenvalue weighted by molar-refractivity contribution is 5.35. The van der Waals surface area contributed by atoms with E-state index in [1.165, 1.54) is 51.4 Å². The van der Waals surface area contributed by atoms with Crippen LogP contribution in [0.2, 0.25) is 0 Å². The molecule has 1 spiro atoms. The van der Waals surface area contributed by atoms with Crippen molar-refractivity contribution in [2.75, 3.05) is 20.8 Å². The molecule has 4 heteroatoms. The summed E-state index contributed by atoms with van der Waals surface area (Å²) in [5.74, 6) is 3.66. The number of methoxy groups -OCH3 is 1. The molecule has 276 valence electrons. The molecule has 3 fully saturated rings. The lowest BCUT2D eigenvalue weighted by Crippen LogP contribution is -2.63. The van der Waals surface area contributed by atoms with Gasteiger partial charge in [-0.15, -0.1) is 0 Å². The number of hydrogen-bond acceptors (Lipinski definition) is 4. The van der Waals surface area contributed by atoms with Crippen LogP contribution in [0.1, 0.15) is 148 Å². The Morgan fingerprint density at radius 3 is 2.17 bits per heavy atom. The van der Waals surface area contributed by atoms with Crippen molar-refractivity contribution < 1.29 is 14.2 Å². The van der Waals surface area contributed by atoms with E-state index in [1.807, 2.05) is 7.11 Å². The molecule has 1 heterocycles. The summed E-state index contributed by atoms with van der Waals surface area (Å²) in [6.45, 7) is 32.6. The first-order valence-corrected chi connectivity index (χ1v) is 20.1. The molecule has 11 atom stereocenters. The van der Waals surface area contributed by atoms with Crippen molar-refractivity contribution in [2.24, 2.45) is 62.6 Å². The van der Waals surface area contributed by atoms with Crippen molar-refractivity contribution in [3.05, 3.63) is 24.0 Å². The van der Waals surface area contributed by atoms with E-state index in [0.29, 0.717) is 36.2 Å². The molecule has 0 saturated heterocycles. The smallest absolute Gasteiger partial charge is 0.112 e. The Morgan fingerprint density at radius 2 is 1.62 bits per heavy atom. The molecule has 0 radical (unpaired) electrons. The van der Waals surface area contributed by atoms with E-state index >= 15 is 0 Å². The van der Waals surface area contributed by atoms with E-state index in [-0.39, 0.29) is 50.4 Å². The monoisotopic (exact) mass is 668 g/mol. The predicted octanol–water partition coefficient (Wildman–Crippen LogP) is 11.0. The molecule has 3 saturated carbocycles. The van der Waals surface area contributed by atoms with Gasteiger partial charge in [-0.05, 0) is 124 Å². The third-order valence-corrected chi connectivity index (χ3v) is 16.9. The van der Waals surface area contributed by atoms with E-state index in [9.17, 15) is 0 Å². The number of fused-ring (bicyclic) bond motifs is 3. The molecule has 1 N–H and O–H groups in total. The minimum absolute atomic E-state index is 0.00298. The van der Waals surface area contributed by atoms with Crippen LogP contribution >= 0.6 is 0 Å². The van der Waals surface area contributed by atoms with Crippen LogP contribution in [0.4, 0.5) is 0 Å². The molecular weight excluding hydrogens is 590 g/mol. The van der Waals surface area contributed by atoms with Crippen LogP contribution in [0.3, 0.4) is 0 Å². The summed E-state index contributed by atoms with van der Waals surface area (Å²) >= 11 is 0. The van der Waals surface area contributed by atoms with Crippen molar-refractivity contribution >= 4 is 0 Å². The number of likely N-dealkylation sites (N-methyl/N-ethyl adjacent to an activating group) is 1. The number of rotatable bonds is 13. The minimum atomic E-state index is -0.145. The zero-order valence-corrected chi connectivity index (χ0v) is 34.1. The summed E-state index contributed by atoms with van der Waals surface area (Å²) in [5, 5.41) is 3.66. The molecule has 5 rings (SSSR count). The first-order chi connectivity index (χ1) is 22.2. The molecule has 1 aliphatic heterocycles. The standard InChI is InChI=1S/C44H77NO3/c1-29(2)31(5)44-23-22-40(11)34-18-19-36(42(13,30(3)4)35(34)20-21-43(40,27-44)24-25-48-44)39(10,26-33-16-17-33)37(32(6)46-15)47-28-41(12,45-14)38(7,8)9/h20,24-25,29-34,36-37,45H,16-19,21-23,26-28H2,1-15H3/t31-,32?,34?,36?,37?,39+,40?,41+,42?,43-,44-/m1/s1. The second-order valence-corrected chi connectivity index (χ2v) is 20.4. The van der Waals surface area contributed by atoms with Crippen LogP contribution in [-0.4, -0.2) is 44.1 Å². The summed E-state index contributed by atoms with van der Waals surface area (Å²) < 4.78 is 20.3. The van der Waals surface area contributed by atoms with Gasteiger partial charge in [0.05, 0.1) is 25.1 Å². The fraction of sp³-hybridized carbons (Fsp3) is 0.909. The summed E-state index contributed by atoms with van der Waals surface area (Å²) in [6.07, 6.45) is 18.8. The Labute approximate surface area is 297 Å². The maximum atomic E-state index is 7.31. The van der Waals surface area contributed by atoms with Crippen molar-refractivity contribution in [1.29, 1.82) is 0 Å². The van der Waals surface area contributed by atoms with Crippen molar-refractivity contribution in [3.63, 3.8) is 0 Å². The van der Waals surface area contributed by atoms with Crippen LogP contribution in [-0.2, 0) is 14.2 Å². The molecule has 0 aromatic rings. The van der Waals surface area contributed by atoms with Gasteiger partial charge in [-0.2, -0.15) is 0 Å². The van der Waals surface area contributed by atoms with Gasteiger partial charge >= 0.3 is 0 Å². The fourth-order valence-corrected chi connectivity index (χ4v) is 11.9. The van der Waals surface area contributed by atoms with E-state index in [2.05, 4.69) is 121 Å². The van der Waals surface area contributed by atoms with Crippen LogP contribution in [0, 0.1) is 62.6 Å². The largest absolute Gasteiger partial charge is 0.495 e. The van der Waals surface area contributed by atoms with Crippen molar-refractivity contribution in [2.45, 2.75) is 171 Å². The summed E-state index contributed by atoms with van der Waals surface area (Å²) in [7, 11) is 3.99. The quantitative estimate of drug-likeness (QED) is 0.198. The second-order valence-electron chi connectivity index (χ2n) is 20.4. The van der Waals surface area contributed by atoms with Gasteiger partial charge < -0.3 is 19.5 Å². The third kappa shape index (κ3) is 5.90. The van der Waals surface area contributed by atoms with Gasteiger partial charge in [0, 0.05) is 23.5 Å². The van der Waals surface area contributed by atoms with E-state index in [4.69, 9.17) is 14.2 Å². The first-order valence-electron chi connectivity index (χ1n) is 20.1. The van der Waals surface area contributed by atoms with Crippen LogP contribution in [0.5, 0.6) is 0 Å². The molecule has 0 aromatic carbocycles. The SMILES string of the molecule is CN[C@@](C)(COC(C(C)OC)[C@@](C)(CC1CC1)C1CCC2C(=CC[C@]34C=CO[C@]([C@H](C)C(C)C)(CCC23C)C4)C1(C)C(C)C)C(C)(C)C. The van der Waals surface area contributed by atoms with Gasteiger partial charge in [-0.1, -0.05) is 101 Å². The maximum Gasteiger partial charge on any atom is 0.112 e. The van der Waals surface area contributed by atoms with Crippen molar-refractivity contribution in [1.82, 2.24) is 5.32 Å². The molecule has 5 aliphatic rings. The van der Waals surface area contributed by atoms with Crippen molar-refractivity contribution in [3.8, 4) is 0 Å². The number of nitrogens with one attached hydrogen (secondary N) is 1. The second kappa shape index (κ2) is 13.0.